The minimum Gasteiger partial charge on any atom is -0.494 e. The van der Waals surface area contributed by atoms with Crippen molar-refractivity contribution in [2.45, 2.75) is 25.8 Å². The molecule has 0 aliphatic carbocycles. The predicted octanol–water partition coefficient (Wildman–Crippen LogP) is 3.68. The van der Waals surface area contributed by atoms with E-state index in [0.717, 1.165) is 59.4 Å². The number of hydrogen-bond donors (Lipinski definition) is 0. The van der Waals surface area contributed by atoms with Gasteiger partial charge in [-0.2, -0.15) is 5.10 Å². The Morgan fingerprint density at radius 3 is 2.68 bits per heavy atom. The second kappa shape index (κ2) is 6.48. The van der Waals surface area contributed by atoms with Crippen molar-refractivity contribution in [1.29, 1.82) is 0 Å². The first-order valence-electron chi connectivity index (χ1n) is 8.83. The van der Waals surface area contributed by atoms with Crippen molar-refractivity contribution < 1.29 is 4.74 Å². The van der Waals surface area contributed by atoms with Crippen molar-refractivity contribution in [1.82, 2.24) is 19.7 Å². The molecule has 4 rings (SSSR count). The van der Waals surface area contributed by atoms with E-state index < -0.39 is 0 Å². The molecule has 0 atom stereocenters. The summed E-state index contributed by atoms with van der Waals surface area (Å²) in [4.78, 5) is 7.06. The first kappa shape index (κ1) is 16.1. The zero-order valence-electron chi connectivity index (χ0n) is 15.1. The van der Waals surface area contributed by atoms with E-state index in [1.54, 1.807) is 7.11 Å². The third-order valence-corrected chi connectivity index (χ3v) is 5.15. The van der Waals surface area contributed by atoms with Crippen LogP contribution >= 0.6 is 0 Å². The van der Waals surface area contributed by atoms with Crippen LogP contribution in [0, 0.1) is 6.92 Å². The molecular formula is C20H24N4O. The number of methoxy groups -OCH3 is 1. The summed E-state index contributed by atoms with van der Waals surface area (Å²) in [6.45, 7) is 4.27. The molecule has 1 saturated heterocycles. The van der Waals surface area contributed by atoms with Gasteiger partial charge in [-0.05, 0) is 63.7 Å². The number of piperidine rings is 1. The van der Waals surface area contributed by atoms with Crippen molar-refractivity contribution in [3.05, 3.63) is 42.4 Å². The number of aryl methyl sites for hydroxylation is 1. The van der Waals surface area contributed by atoms with Gasteiger partial charge in [-0.1, -0.05) is 6.07 Å². The zero-order chi connectivity index (χ0) is 17.4. The van der Waals surface area contributed by atoms with Crippen LogP contribution in [0.5, 0.6) is 5.75 Å². The van der Waals surface area contributed by atoms with Gasteiger partial charge in [-0.3, -0.25) is 4.68 Å². The normalized spacial score (nSPS) is 16.4. The summed E-state index contributed by atoms with van der Waals surface area (Å²) in [7, 11) is 3.87. The lowest BCUT2D eigenvalue weighted by Gasteiger charge is -2.28. The molecule has 0 bridgehead atoms. The van der Waals surface area contributed by atoms with Crippen LogP contribution < -0.4 is 4.74 Å². The van der Waals surface area contributed by atoms with Crippen molar-refractivity contribution in [3.8, 4) is 16.9 Å². The monoisotopic (exact) mass is 336 g/mol. The second-order valence-corrected chi connectivity index (χ2v) is 6.91. The minimum absolute atomic E-state index is 0.495. The molecular weight excluding hydrogens is 312 g/mol. The molecule has 0 spiro atoms. The van der Waals surface area contributed by atoms with Gasteiger partial charge in [0, 0.05) is 22.8 Å². The predicted molar refractivity (Wildman–Crippen MR) is 100 cm³/mol. The fourth-order valence-electron chi connectivity index (χ4n) is 3.64. The highest BCUT2D eigenvalue weighted by molar-refractivity contribution is 5.97. The molecule has 5 heteroatoms. The van der Waals surface area contributed by atoms with E-state index in [4.69, 9.17) is 4.74 Å². The average Bonchev–Trinajstić information content (AvgIpc) is 3.11. The van der Waals surface area contributed by atoms with E-state index in [1.807, 2.05) is 25.3 Å². The highest BCUT2D eigenvalue weighted by Crippen LogP contribution is 2.34. The lowest BCUT2D eigenvalue weighted by atomic mass is 10.0. The Bertz CT molecular complexity index is 894. The molecule has 1 fully saturated rings. The fraction of sp³-hybridized carbons (Fsp3) is 0.400. The Balaban J connectivity index is 1.73. The first-order valence-corrected chi connectivity index (χ1v) is 8.83. The van der Waals surface area contributed by atoms with E-state index in [-0.39, 0.29) is 0 Å². The molecule has 0 amide bonds. The molecule has 25 heavy (non-hydrogen) atoms. The molecule has 0 radical (unpaired) electrons. The van der Waals surface area contributed by atoms with Crippen molar-refractivity contribution in [2.75, 3.05) is 27.2 Å². The molecule has 5 nitrogen and oxygen atoms in total. The molecule has 1 aliphatic heterocycles. The number of hydrogen-bond acceptors (Lipinski definition) is 4. The van der Waals surface area contributed by atoms with Crippen molar-refractivity contribution >= 4 is 10.9 Å². The standard InChI is InChI=1S/C20H24N4O/c1-14-4-5-18-17(6-7-19(25-3)20(18)22-14)15-12-21-24(13-15)16-8-10-23(2)11-9-16/h4-7,12-13,16H,8-11H2,1-3H3. The van der Waals surface area contributed by atoms with Crippen LogP contribution in [-0.4, -0.2) is 46.9 Å². The van der Waals surface area contributed by atoms with Gasteiger partial charge >= 0.3 is 0 Å². The van der Waals surface area contributed by atoms with E-state index >= 15 is 0 Å². The maximum atomic E-state index is 5.50. The summed E-state index contributed by atoms with van der Waals surface area (Å²) in [6, 6.07) is 8.77. The highest BCUT2D eigenvalue weighted by atomic mass is 16.5. The zero-order valence-corrected chi connectivity index (χ0v) is 15.1. The second-order valence-electron chi connectivity index (χ2n) is 6.91. The Labute approximate surface area is 148 Å². The number of nitrogens with zero attached hydrogens (tertiary/aromatic N) is 4. The summed E-state index contributed by atoms with van der Waals surface area (Å²) < 4.78 is 7.63. The highest BCUT2D eigenvalue weighted by Gasteiger charge is 2.19. The SMILES string of the molecule is COc1ccc(-c2cnn(C3CCN(C)CC3)c2)c2ccc(C)nc12. The number of benzene rings is 1. The van der Waals surface area contributed by atoms with Gasteiger partial charge in [0.15, 0.2) is 0 Å². The van der Waals surface area contributed by atoms with E-state index in [9.17, 15) is 0 Å². The third-order valence-electron chi connectivity index (χ3n) is 5.15. The summed E-state index contributed by atoms with van der Waals surface area (Å²) >= 11 is 0. The summed E-state index contributed by atoms with van der Waals surface area (Å²) in [6.07, 6.45) is 6.46. The quantitative estimate of drug-likeness (QED) is 0.732. The smallest absolute Gasteiger partial charge is 0.145 e. The van der Waals surface area contributed by atoms with Gasteiger partial charge in [0.05, 0.1) is 19.3 Å². The number of likely N-dealkylation sites (tertiary alicyclic amines) is 1. The number of aromatic nitrogens is 3. The Kier molecular flexibility index (Phi) is 4.17. The van der Waals surface area contributed by atoms with Crippen molar-refractivity contribution in [2.24, 2.45) is 0 Å². The van der Waals surface area contributed by atoms with Gasteiger partial charge in [-0.25, -0.2) is 4.98 Å². The van der Waals surface area contributed by atoms with E-state index in [0.29, 0.717) is 6.04 Å². The average molecular weight is 336 g/mol. The molecule has 1 aromatic carbocycles. The molecule has 130 valence electrons. The van der Waals surface area contributed by atoms with Gasteiger partial charge in [0.25, 0.3) is 0 Å². The molecule has 3 heterocycles. The molecule has 0 saturated carbocycles. The fourth-order valence-corrected chi connectivity index (χ4v) is 3.64. The van der Waals surface area contributed by atoms with Crippen LogP contribution in [0.1, 0.15) is 24.6 Å². The van der Waals surface area contributed by atoms with Crippen LogP contribution in [-0.2, 0) is 0 Å². The molecule has 0 unspecified atom stereocenters. The van der Waals surface area contributed by atoms with Gasteiger partial charge in [-0.15, -0.1) is 0 Å². The van der Waals surface area contributed by atoms with Crippen LogP contribution in [0.15, 0.2) is 36.7 Å². The maximum absolute atomic E-state index is 5.50. The van der Waals surface area contributed by atoms with Gasteiger partial charge in [0.2, 0.25) is 0 Å². The number of ether oxygens (including phenoxy) is 1. The van der Waals surface area contributed by atoms with Crippen LogP contribution in [0.25, 0.3) is 22.0 Å². The minimum atomic E-state index is 0.495. The van der Waals surface area contributed by atoms with Crippen LogP contribution in [0.4, 0.5) is 0 Å². The summed E-state index contributed by atoms with van der Waals surface area (Å²) in [5.41, 5.74) is 4.19. The topological polar surface area (TPSA) is 43.2 Å². The van der Waals surface area contributed by atoms with Crippen molar-refractivity contribution in [3.63, 3.8) is 0 Å². The summed E-state index contributed by atoms with van der Waals surface area (Å²) in [5.74, 6) is 0.810. The first-order chi connectivity index (χ1) is 12.2. The molecule has 3 aromatic rings. The van der Waals surface area contributed by atoms with E-state index in [2.05, 4.69) is 45.0 Å². The lowest BCUT2D eigenvalue weighted by Crippen LogP contribution is -2.31. The van der Waals surface area contributed by atoms with Gasteiger partial charge < -0.3 is 9.64 Å². The van der Waals surface area contributed by atoms with Gasteiger partial charge in [0.1, 0.15) is 11.3 Å². The Hall–Kier alpha value is -2.40. The maximum Gasteiger partial charge on any atom is 0.145 e. The third kappa shape index (κ3) is 3.00. The van der Waals surface area contributed by atoms with E-state index in [1.165, 1.54) is 0 Å². The molecule has 0 N–H and O–H groups in total. The van der Waals surface area contributed by atoms with Crippen LogP contribution in [0.3, 0.4) is 0 Å². The summed E-state index contributed by atoms with van der Waals surface area (Å²) in [5, 5.41) is 5.76. The Morgan fingerprint density at radius 2 is 1.92 bits per heavy atom. The Morgan fingerprint density at radius 1 is 1.12 bits per heavy atom. The number of rotatable bonds is 3. The van der Waals surface area contributed by atoms with Crippen LogP contribution in [0.2, 0.25) is 0 Å². The largest absolute Gasteiger partial charge is 0.494 e. The number of pyridine rings is 1. The lowest BCUT2D eigenvalue weighted by molar-refractivity contribution is 0.212. The molecule has 2 aromatic heterocycles. The number of fused-ring (bicyclic) bond motifs is 1. The molecule has 1 aliphatic rings.